The third-order valence-electron chi connectivity index (χ3n) is 2.40. The molecule has 4 heteroatoms. The number of rotatable bonds is 8. The summed E-state index contributed by atoms with van der Waals surface area (Å²) in [6.45, 7) is 9.23. The molecule has 0 aromatic heterocycles. The van der Waals surface area contributed by atoms with Crippen LogP contribution in [0.2, 0.25) is 0 Å². The molecule has 0 aliphatic heterocycles. The highest BCUT2D eigenvalue weighted by molar-refractivity contribution is 4.77. The van der Waals surface area contributed by atoms with Crippen LogP contribution in [-0.4, -0.2) is 55.0 Å². The predicted octanol–water partition coefficient (Wildman–Crippen LogP) is 0.0529. The summed E-state index contributed by atoms with van der Waals surface area (Å²) < 4.78 is 5.28. The van der Waals surface area contributed by atoms with Crippen molar-refractivity contribution in [3.8, 4) is 0 Å². The van der Waals surface area contributed by atoms with Crippen LogP contribution >= 0.6 is 0 Å². The van der Waals surface area contributed by atoms with Crippen molar-refractivity contribution in [2.45, 2.75) is 32.9 Å². The van der Waals surface area contributed by atoms with E-state index in [1.807, 2.05) is 13.8 Å². The largest absolute Gasteiger partial charge is 0.395 e. The van der Waals surface area contributed by atoms with E-state index in [4.69, 9.17) is 10.5 Å². The number of likely N-dealkylation sites (N-methyl/N-ethyl adjacent to an activating group) is 1. The molecule has 0 bridgehead atoms. The van der Waals surface area contributed by atoms with E-state index in [-0.39, 0.29) is 18.7 Å². The van der Waals surface area contributed by atoms with Gasteiger partial charge in [0.2, 0.25) is 0 Å². The maximum absolute atomic E-state index is 9.19. The summed E-state index contributed by atoms with van der Waals surface area (Å²) in [6.07, 6.45) is 0. The van der Waals surface area contributed by atoms with Crippen LogP contribution in [-0.2, 0) is 4.74 Å². The van der Waals surface area contributed by atoms with Gasteiger partial charge in [-0.15, -0.1) is 0 Å². The molecule has 0 aliphatic rings. The molecule has 2 unspecified atom stereocenters. The van der Waals surface area contributed by atoms with Crippen molar-refractivity contribution in [1.29, 1.82) is 0 Å². The van der Waals surface area contributed by atoms with Crippen LogP contribution < -0.4 is 5.73 Å². The summed E-state index contributed by atoms with van der Waals surface area (Å²) in [6, 6.07) is 0.0297. The van der Waals surface area contributed by atoms with Crippen molar-refractivity contribution < 1.29 is 9.84 Å². The lowest BCUT2D eigenvalue weighted by atomic mass is 10.1. The van der Waals surface area contributed by atoms with Gasteiger partial charge in [-0.05, 0) is 20.4 Å². The quantitative estimate of drug-likeness (QED) is 0.549. The van der Waals surface area contributed by atoms with Gasteiger partial charge < -0.3 is 15.6 Å². The number of aliphatic hydroxyl groups excluding tert-OH is 1. The zero-order valence-electron chi connectivity index (χ0n) is 9.57. The molecule has 0 fully saturated rings. The molecular weight excluding hydrogens is 180 g/mol. The van der Waals surface area contributed by atoms with Gasteiger partial charge in [0.15, 0.2) is 0 Å². The molecule has 0 spiro atoms. The minimum Gasteiger partial charge on any atom is -0.395 e. The fraction of sp³-hybridized carbons (Fsp3) is 1.00. The zero-order valence-corrected chi connectivity index (χ0v) is 9.57. The molecule has 0 heterocycles. The first kappa shape index (κ1) is 13.8. The lowest BCUT2D eigenvalue weighted by Gasteiger charge is -2.31. The van der Waals surface area contributed by atoms with E-state index >= 15 is 0 Å². The van der Waals surface area contributed by atoms with Crippen molar-refractivity contribution in [2.24, 2.45) is 5.73 Å². The number of nitrogens with two attached hydrogens (primary N) is 1. The van der Waals surface area contributed by atoms with Gasteiger partial charge in [-0.25, -0.2) is 0 Å². The van der Waals surface area contributed by atoms with Crippen LogP contribution in [0.15, 0.2) is 0 Å². The fourth-order valence-electron chi connectivity index (χ4n) is 1.50. The van der Waals surface area contributed by atoms with Crippen molar-refractivity contribution in [3.63, 3.8) is 0 Å². The third kappa shape index (κ3) is 4.91. The average molecular weight is 204 g/mol. The Morgan fingerprint density at radius 3 is 2.43 bits per heavy atom. The molecule has 0 saturated heterocycles. The molecule has 3 N–H and O–H groups in total. The monoisotopic (exact) mass is 204 g/mol. The molecule has 14 heavy (non-hydrogen) atoms. The van der Waals surface area contributed by atoms with Crippen LogP contribution in [0.4, 0.5) is 0 Å². The van der Waals surface area contributed by atoms with E-state index in [2.05, 4.69) is 11.8 Å². The number of hydrogen-bond acceptors (Lipinski definition) is 4. The molecule has 2 atom stereocenters. The van der Waals surface area contributed by atoms with Gasteiger partial charge in [0.05, 0.1) is 13.2 Å². The van der Waals surface area contributed by atoms with Gasteiger partial charge in [-0.3, -0.25) is 4.90 Å². The van der Waals surface area contributed by atoms with Crippen molar-refractivity contribution in [1.82, 2.24) is 4.90 Å². The molecule has 0 amide bonds. The minimum atomic E-state index is -0.0124. The standard InChI is InChI=1S/C10H24N2O2/c1-4-12(6-7-14-5-2)10(8-13)9(3)11/h9-10,13H,4-8,11H2,1-3H3. The summed E-state index contributed by atoms with van der Waals surface area (Å²) in [4.78, 5) is 2.15. The Labute approximate surface area is 87.0 Å². The van der Waals surface area contributed by atoms with Crippen LogP contribution in [0.3, 0.4) is 0 Å². The van der Waals surface area contributed by atoms with E-state index in [1.54, 1.807) is 0 Å². The Hall–Kier alpha value is -0.160. The molecule has 0 radical (unpaired) electrons. The summed E-state index contributed by atoms with van der Waals surface area (Å²) in [5, 5.41) is 9.19. The number of nitrogens with zero attached hydrogens (tertiary/aromatic N) is 1. The maximum Gasteiger partial charge on any atom is 0.0601 e. The van der Waals surface area contributed by atoms with Crippen LogP contribution in [0.25, 0.3) is 0 Å². The van der Waals surface area contributed by atoms with E-state index < -0.39 is 0 Å². The van der Waals surface area contributed by atoms with E-state index in [9.17, 15) is 5.11 Å². The second-order valence-corrected chi connectivity index (χ2v) is 3.43. The normalized spacial score (nSPS) is 15.9. The second-order valence-electron chi connectivity index (χ2n) is 3.43. The van der Waals surface area contributed by atoms with Gasteiger partial charge in [-0.2, -0.15) is 0 Å². The Morgan fingerprint density at radius 2 is 2.07 bits per heavy atom. The molecule has 0 aromatic rings. The maximum atomic E-state index is 9.19. The first-order chi connectivity index (χ1) is 6.67. The highest BCUT2D eigenvalue weighted by Crippen LogP contribution is 2.02. The predicted molar refractivity (Wildman–Crippen MR) is 58.3 cm³/mol. The minimum absolute atomic E-state index is 0.0124. The fourth-order valence-corrected chi connectivity index (χ4v) is 1.50. The first-order valence-electron chi connectivity index (χ1n) is 5.35. The highest BCUT2D eigenvalue weighted by atomic mass is 16.5. The summed E-state index contributed by atoms with van der Waals surface area (Å²) in [7, 11) is 0. The van der Waals surface area contributed by atoms with Crippen molar-refractivity contribution in [3.05, 3.63) is 0 Å². The molecule has 0 aliphatic carbocycles. The smallest absolute Gasteiger partial charge is 0.0601 e. The van der Waals surface area contributed by atoms with Crippen LogP contribution in [0.1, 0.15) is 20.8 Å². The number of aliphatic hydroxyl groups is 1. The Bertz CT molecular complexity index is 131. The molecule has 0 aromatic carbocycles. The van der Waals surface area contributed by atoms with Gasteiger partial charge in [0.1, 0.15) is 0 Å². The number of ether oxygens (including phenoxy) is 1. The average Bonchev–Trinajstić information content (AvgIpc) is 2.16. The van der Waals surface area contributed by atoms with Crippen molar-refractivity contribution in [2.75, 3.05) is 32.9 Å². The zero-order chi connectivity index (χ0) is 11.0. The Kier molecular flexibility index (Phi) is 8.08. The van der Waals surface area contributed by atoms with Gasteiger partial charge in [0.25, 0.3) is 0 Å². The van der Waals surface area contributed by atoms with E-state index in [0.717, 1.165) is 19.7 Å². The lowest BCUT2D eigenvalue weighted by molar-refractivity contribution is 0.0673. The topological polar surface area (TPSA) is 58.7 Å². The molecule has 0 saturated carbocycles. The Balaban J connectivity index is 3.95. The van der Waals surface area contributed by atoms with Crippen LogP contribution in [0.5, 0.6) is 0 Å². The molecular formula is C10H24N2O2. The Morgan fingerprint density at radius 1 is 1.43 bits per heavy atom. The SMILES string of the molecule is CCOCCN(CC)C(CO)C(C)N. The lowest BCUT2D eigenvalue weighted by Crippen LogP contribution is -2.49. The number of hydrogen-bond donors (Lipinski definition) is 2. The summed E-state index contributed by atoms with van der Waals surface area (Å²) >= 11 is 0. The third-order valence-corrected chi connectivity index (χ3v) is 2.40. The van der Waals surface area contributed by atoms with E-state index in [1.165, 1.54) is 0 Å². The summed E-state index contributed by atoms with van der Waals surface area (Å²) in [5.74, 6) is 0. The molecule has 4 nitrogen and oxygen atoms in total. The highest BCUT2D eigenvalue weighted by Gasteiger charge is 2.19. The first-order valence-corrected chi connectivity index (χ1v) is 5.35. The summed E-state index contributed by atoms with van der Waals surface area (Å²) in [5.41, 5.74) is 5.79. The second kappa shape index (κ2) is 8.17. The van der Waals surface area contributed by atoms with Gasteiger partial charge in [-0.1, -0.05) is 6.92 Å². The molecule has 86 valence electrons. The van der Waals surface area contributed by atoms with E-state index in [0.29, 0.717) is 6.61 Å². The van der Waals surface area contributed by atoms with Gasteiger partial charge in [0, 0.05) is 25.2 Å². The van der Waals surface area contributed by atoms with Gasteiger partial charge >= 0.3 is 0 Å². The van der Waals surface area contributed by atoms with Crippen LogP contribution in [0, 0.1) is 0 Å². The van der Waals surface area contributed by atoms with Crippen molar-refractivity contribution >= 4 is 0 Å². The molecule has 0 rings (SSSR count).